The smallest absolute Gasteiger partial charge is 0.0565 e. The Morgan fingerprint density at radius 1 is 0.714 bits per heavy atom. The quantitative estimate of drug-likeness (QED) is 0.661. The Balaban J connectivity index is 3.59. The molecule has 0 saturated heterocycles. The summed E-state index contributed by atoms with van der Waals surface area (Å²) in [6, 6.07) is 0. The molecule has 1 nitrogen and oxygen atoms in total. The highest BCUT2D eigenvalue weighted by Crippen LogP contribution is 2.19. The molecule has 0 aromatic carbocycles. The highest BCUT2D eigenvalue weighted by atomic mass is 16.3. The van der Waals surface area contributed by atoms with E-state index in [1.165, 1.54) is 6.42 Å². The molecule has 0 aliphatic heterocycles. The summed E-state index contributed by atoms with van der Waals surface area (Å²) in [5.41, 5.74) is 0. The first-order chi connectivity index (χ1) is 6.43. The van der Waals surface area contributed by atoms with Crippen LogP contribution in [0.4, 0.5) is 0 Å². The van der Waals surface area contributed by atoms with Gasteiger partial charge < -0.3 is 5.11 Å². The maximum Gasteiger partial charge on any atom is 0.0565 e. The molecule has 14 heavy (non-hydrogen) atoms. The first-order valence-corrected chi connectivity index (χ1v) is 6.11. The molecule has 0 aliphatic carbocycles. The van der Waals surface area contributed by atoms with Crippen LogP contribution in [-0.2, 0) is 0 Å². The van der Waals surface area contributed by atoms with Gasteiger partial charge in [-0.15, -0.1) is 0 Å². The van der Waals surface area contributed by atoms with E-state index < -0.39 is 0 Å². The van der Waals surface area contributed by atoms with Crippen molar-refractivity contribution in [2.75, 3.05) is 0 Å². The number of rotatable bonds is 7. The van der Waals surface area contributed by atoms with Gasteiger partial charge >= 0.3 is 0 Å². The summed E-state index contributed by atoms with van der Waals surface area (Å²) in [5, 5.41) is 9.88. The third-order valence-corrected chi connectivity index (χ3v) is 2.90. The minimum Gasteiger partial charge on any atom is -0.393 e. The first-order valence-electron chi connectivity index (χ1n) is 6.11. The molecular formula is C13H28O. The molecule has 0 aliphatic rings. The normalized spacial score (nSPS) is 16.3. The zero-order valence-electron chi connectivity index (χ0n) is 10.6. The predicted octanol–water partition coefficient (Wildman–Crippen LogP) is 3.86. The van der Waals surface area contributed by atoms with Crippen LogP contribution in [0.1, 0.15) is 60.3 Å². The maximum atomic E-state index is 9.88. The number of hydrogen-bond donors (Lipinski definition) is 1. The largest absolute Gasteiger partial charge is 0.393 e. The van der Waals surface area contributed by atoms with Crippen LogP contribution in [0.3, 0.4) is 0 Å². The monoisotopic (exact) mass is 200 g/mol. The van der Waals surface area contributed by atoms with Gasteiger partial charge in [-0.25, -0.2) is 0 Å². The van der Waals surface area contributed by atoms with Gasteiger partial charge in [-0.2, -0.15) is 0 Å². The lowest BCUT2D eigenvalue weighted by molar-refractivity contribution is 0.0942. The second-order valence-electron chi connectivity index (χ2n) is 5.49. The molecule has 0 radical (unpaired) electrons. The fraction of sp³-hybridized carbons (Fsp3) is 1.00. The third-order valence-electron chi connectivity index (χ3n) is 2.90. The van der Waals surface area contributed by atoms with Crippen LogP contribution in [0.25, 0.3) is 0 Å². The zero-order valence-corrected chi connectivity index (χ0v) is 10.6. The van der Waals surface area contributed by atoms with E-state index in [-0.39, 0.29) is 6.10 Å². The summed E-state index contributed by atoms with van der Waals surface area (Å²) in [6.45, 7) is 11.1. The molecule has 1 heteroatoms. The minimum atomic E-state index is -0.0869. The Hall–Kier alpha value is -0.0400. The average Bonchev–Trinajstić information content (AvgIpc) is 2.09. The van der Waals surface area contributed by atoms with E-state index in [2.05, 4.69) is 34.6 Å². The number of aliphatic hydroxyl groups excluding tert-OH is 1. The lowest BCUT2D eigenvalue weighted by Crippen LogP contribution is -2.18. The second kappa shape index (κ2) is 7.28. The second-order valence-corrected chi connectivity index (χ2v) is 5.49. The Morgan fingerprint density at radius 2 is 1.14 bits per heavy atom. The Bertz CT molecular complexity index is 113. The van der Waals surface area contributed by atoms with Gasteiger partial charge in [-0.1, -0.05) is 41.0 Å². The van der Waals surface area contributed by atoms with E-state index in [1.807, 2.05) is 0 Å². The standard InChI is InChI=1S/C13H28O/c1-10(2)6-8-12(5)13(14)9-7-11(3)4/h10-14H,6-9H2,1-5H3. The van der Waals surface area contributed by atoms with E-state index in [0.29, 0.717) is 11.8 Å². The summed E-state index contributed by atoms with van der Waals surface area (Å²) in [7, 11) is 0. The average molecular weight is 200 g/mol. The molecule has 0 saturated carbocycles. The number of hydrogen-bond acceptors (Lipinski definition) is 1. The molecule has 2 unspecified atom stereocenters. The molecule has 2 atom stereocenters. The van der Waals surface area contributed by atoms with E-state index in [9.17, 15) is 5.11 Å². The van der Waals surface area contributed by atoms with Crippen molar-refractivity contribution in [2.24, 2.45) is 17.8 Å². The fourth-order valence-corrected chi connectivity index (χ4v) is 1.58. The summed E-state index contributed by atoms with van der Waals surface area (Å²) >= 11 is 0. The van der Waals surface area contributed by atoms with Crippen molar-refractivity contribution in [2.45, 2.75) is 66.4 Å². The van der Waals surface area contributed by atoms with Crippen molar-refractivity contribution in [1.29, 1.82) is 0 Å². The Morgan fingerprint density at radius 3 is 1.57 bits per heavy atom. The van der Waals surface area contributed by atoms with E-state index in [0.717, 1.165) is 25.2 Å². The molecule has 0 aromatic rings. The zero-order chi connectivity index (χ0) is 11.1. The van der Waals surface area contributed by atoms with Crippen molar-refractivity contribution in [3.63, 3.8) is 0 Å². The van der Waals surface area contributed by atoms with Crippen LogP contribution in [0.2, 0.25) is 0 Å². The summed E-state index contributed by atoms with van der Waals surface area (Å²) < 4.78 is 0. The lowest BCUT2D eigenvalue weighted by atomic mass is 9.91. The molecule has 0 fully saturated rings. The van der Waals surface area contributed by atoms with Crippen molar-refractivity contribution in [3.8, 4) is 0 Å². The molecule has 1 N–H and O–H groups in total. The molecule has 0 bridgehead atoms. The molecule has 0 amide bonds. The maximum absolute atomic E-state index is 9.88. The van der Waals surface area contributed by atoms with Crippen molar-refractivity contribution >= 4 is 0 Å². The predicted molar refractivity (Wildman–Crippen MR) is 63.3 cm³/mol. The minimum absolute atomic E-state index is 0.0869. The lowest BCUT2D eigenvalue weighted by Gasteiger charge is -2.20. The van der Waals surface area contributed by atoms with Crippen molar-refractivity contribution in [3.05, 3.63) is 0 Å². The molecule has 0 aromatic heterocycles. The van der Waals surface area contributed by atoms with Crippen LogP contribution >= 0.6 is 0 Å². The fourth-order valence-electron chi connectivity index (χ4n) is 1.58. The third kappa shape index (κ3) is 7.37. The van der Waals surface area contributed by atoms with Gasteiger partial charge in [0.2, 0.25) is 0 Å². The summed E-state index contributed by atoms with van der Waals surface area (Å²) in [6.07, 6.45) is 4.43. The molecule has 86 valence electrons. The van der Waals surface area contributed by atoms with Gasteiger partial charge in [0.25, 0.3) is 0 Å². The van der Waals surface area contributed by atoms with E-state index >= 15 is 0 Å². The highest BCUT2D eigenvalue weighted by molar-refractivity contribution is 4.66. The van der Waals surface area contributed by atoms with Gasteiger partial charge in [0.15, 0.2) is 0 Å². The first kappa shape index (κ1) is 14.0. The molecule has 0 spiro atoms. The summed E-state index contributed by atoms with van der Waals surface area (Å²) in [5.74, 6) is 1.94. The van der Waals surface area contributed by atoms with Gasteiger partial charge in [0.1, 0.15) is 0 Å². The van der Waals surface area contributed by atoms with Gasteiger partial charge in [-0.3, -0.25) is 0 Å². The van der Waals surface area contributed by atoms with Gasteiger partial charge in [-0.05, 0) is 37.0 Å². The van der Waals surface area contributed by atoms with Crippen LogP contribution in [0.5, 0.6) is 0 Å². The number of aliphatic hydroxyl groups is 1. The van der Waals surface area contributed by atoms with Crippen LogP contribution in [-0.4, -0.2) is 11.2 Å². The molecule has 0 heterocycles. The topological polar surface area (TPSA) is 20.2 Å². The Labute approximate surface area is 89.9 Å². The van der Waals surface area contributed by atoms with Gasteiger partial charge in [0.05, 0.1) is 6.10 Å². The van der Waals surface area contributed by atoms with Crippen LogP contribution in [0, 0.1) is 17.8 Å². The van der Waals surface area contributed by atoms with Gasteiger partial charge in [0, 0.05) is 0 Å². The van der Waals surface area contributed by atoms with Crippen molar-refractivity contribution < 1.29 is 5.11 Å². The van der Waals surface area contributed by atoms with Crippen LogP contribution in [0.15, 0.2) is 0 Å². The molecule has 0 rings (SSSR count). The highest BCUT2D eigenvalue weighted by Gasteiger charge is 2.14. The van der Waals surface area contributed by atoms with Crippen molar-refractivity contribution in [1.82, 2.24) is 0 Å². The van der Waals surface area contributed by atoms with E-state index in [4.69, 9.17) is 0 Å². The Kier molecular flexibility index (Phi) is 7.26. The van der Waals surface area contributed by atoms with E-state index in [1.54, 1.807) is 0 Å². The summed E-state index contributed by atoms with van der Waals surface area (Å²) in [4.78, 5) is 0. The van der Waals surface area contributed by atoms with Crippen LogP contribution < -0.4 is 0 Å². The SMILES string of the molecule is CC(C)CCC(C)C(O)CCC(C)C. The molecular weight excluding hydrogens is 172 g/mol.